The summed E-state index contributed by atoms with van der Waals surface area (Å²) in [5, 5.41) is 3.61. The fourth-order valence-corrected chi connectivity index (χ4v) is 2.70. The van der Waals surface area contributed by atoms with E-state index in [0.717, 1.165) is 13.0 Å². The van der Waals surface area contributed by atoms with Gasteiger partial charge in [0.25, 0.3) is 0 Å². The predicted molar refractivity (Wildman–Crippen MR) is 79.4 cm³/mol. The van der Waals surface area contributed by atoms with Crippen LogP contribution in [0.1, 0.15) is 30.5 Å². The first-order chi connectivity index (χ1) is 8.70. The average Bonchev–Trinajstić information content (AvgIpc) is 2.78. The SMILES string of the molecule is CC[C@H](NCc1ccn(C)c1)c1ccccc1Br. The van der Waals surface area contributed by atoms with Crippen LogP contribution in [0.5, 0.6) is 0 Å². The van der Waals surface area contributed by atoms with Gasteiger partial charge in [0.2, 0.25) is 0 Å². The zero-order chi connectivity index (χ0) is 13.0. The van der Waals surface area contributed by atoms with Crippen LogP contribution in [0.25, 0.3) is 0 Å². The Labute approximate surface area is 117 Å². The molecule has 1 aromatic heterocycles. The standard InChI is InChI=1S/C15H19BrN2/c1-3-15(13-6-4-5-7-14(13)16)17-10-12-8-9-18(2)11-12/h4-9,11,15,17H,3,10H2,1-2H3/t15-/m0/s1. The smallest absolute Gasteiger partial charge is 0.0331 e. The quantitative estimate of drug-likeness (QED) is 0.882. The van der Waals surface area contributed by atoms with Crippen molar-refractivity contribution in [3.8, 4) is 0 Å². The number of halogens is 1. The molecule has 0 bridgehead atoms. The molecule has 0 unspecified atom stereocenters. The van der Waals surface area contributed by atoms with Crippen LogP contribution in [-0.2, 0) is 13.6 Å². The van der Waals surface area contributed by atoms with Gasteiger partial charge in [-0.1, -0.05) is 41.1 Å². The van der Waals surface area contributed by atoms with Crippen LogP contribution in [-0.4, -0.2) is 4.57 Å². The van der Waals surface area contributed by atoms with Gasteiger partial charge in [0.05, 0.1) is 0 Å². The van der Waals surface area contributed by atoms with Crippen molar-refractivity contribution in [1.29, 1.82) is 0 Å². The number of rotatable bonds is 5. The number of aromatic nitrogens is 1. The van der Waals surface area contributed by atoms with Gasteiger partial charge in [-0.3, -0.25) is 0 Å². The topological polar surface area (TPSA) is 17.0 Å². The number of hydrogen-bond acceptors (Lipinski definition) is 1. The van der Waals surface area contributed by atoms with Gasteiger partial charge >= 0.3 is 0 Å². The highest BCUT2D eigenvalue weighted by Gasteiger charge is 2.11. The fourth-order valence-electron chi connectivity index (χ4n) is 2.14. The second-order valence-electron chi connectivity index (χ2n) is 4.55. The lowest BCUT2D eigenvalue weighted by Crippen LogP contribution is -2.20. The highest BCUT2D eigenvalue weighted by molar-refractivity contribution is 9.10. The van der Waals surface area contributed by atoms with Crippen molar-refractivity contribution in [2.45, 2.75) is 25.9 Å². The van der Waals surface area contributed by atoms with Crippen LogP contribution in [0.2, 0.25) is 0 Å². The molecule has 0 fully saturated rings. The van der Waals surface area contributed by atoms with Crippen LogP contribution in [0.3, 0.4) is 0 Å². The first-order valence-electron chi connectivity index (χ1n) is 6.29. The number of nitrogens with one attached hydrogen (secondary N) is 1. The molecule has 0 amide bonds. The van der Waals surface area contributed by atoms with Gasteiger partial charge in [0.15, 0.2) is 0 Å². The molecule has 0 saturated heterocycles. The molecule has 0 radical (unpaired) electrons. The Balaban J connectivity index is 2.04. The van der Waals surface area contributed by atoms with Gasteiger partial charge in [0, 0.05) is 36.5 Å². The lowest BCUT2D eigenvalue weighted by molar-refractivity contribution is 0.517. The van der Waals surface area contributed by atoms with Gasteiger partial charge < -0.3 is 9.88 Å². The molecule has 0 saturated carbocycles. The van der Waals surface area contributed by atoms with Crippen molar-refractivity contribution in [2.24, 2.45) is 7.05 Å². The molecule has 1 atom stereocenters. The van der Waals surface area contributed by atoms with Crippen LogP contribution in [0.15, 0.2) is 47.2 Å². The molecule has 2 rings (SSSR count). The Hall–Kier alpha value is -1.06. The van der Waals surface area contributed by atoms with E-state index in [9.17, 15) is 0 Å². The number of benzene rings is 1. The molecular weight excluding hydrogens is 288 g/mol. The third-order valence-electron chi connectivity index (χ3n) is 3.13. The Morgan fingerprint density at radius 1 is 1.28 bits per heavy atom. The summed E-state index contributed by atoms with van der Waals surface area (Å²) in [7, 11) is 2.05. The molecule has 2 nitrogen and oxygen atoms in total. The van der Waals surface area contributed by atoms with Gasteiger partial charge in [0.1, 0.15) is 0 Å². The lowest BCUT2D eigenvalue weighted by atomic mass is 10.0. The van der Waals surface area contributed by atoms with Crippen LogP contribution >= 0.6 is 15.9 Å². The number of hydrogen-bond donors (Lipinski definition) is 1. The zero-order valence-corrected chi connectivity index (χ0v) is 12.4. The van der Waals surface area contributed by atoms with E-state index in [-0.39, 0.29) is 0 Å². The average molecular weight is 307 g/mol. The summed E-state index contributed by atoms with van der Waals surface area (Å²) in [6.07, 6.45) is 5.31. The van der Waals surface area contributed by atoms with E-state index in [4.69, 9.17) is 0 Å². The van der Waals surface area contributed by atoms with Gasteiger partial charge in [-0.05, 0) is 29.7 Å². The number of nitrogens with zero attached hydrogens (tertiary/aromatic N) is 1. The first-order valence-corrected chi connectivity index (χ1v) is 7.08. The van der Waals surface area contributed by atoms with Gasteiger partial charge in [-0.15, -0.1) is 0 Å². The molecule has 3 heteroatoms. The highest BCUT2D eigenvalue weighted by Crippen LogP contribution is 2.25. The fraction of sp³-hybridized carbons (Fsp3) is 0.333. The van der Waals surface area contributed by atoms with Crippen molar-refractivity contribution < 1.29 is 0 Å². The largest absolute Gasteiger partial charge is 0.357 e. The Morgan fingerprint density at radius 3 is 2.67 bits per heavy atom. The zero-order valence-electron chi connectivity index (χ0n) is 10.9. The molecule has 0 spiro atoms. The lowest BCUT2D eigenvalue weighted by Gasteiger charge is -2.18. The Kier molecular flexibility index (Phi) is 4.61. The molecule has 0 aliphatic rings. The summed E-state index contributed by atoms with van der Waals surface area (Å²) in [6, 6.07) is 11.0. The first kappa shape index (κ1) is 13.4. The third-order valence-corrected chi connectivity index (χ3v) is 3.86. The summed E-state index contributed by atoms with van der Waals surface area (Å²) in [5.74, 6) is 0. The van der Waals surface area contributed by atoms with E-state index in [1.807, 2.05) is 0 Å². The summed E-state index contributed by atoms with van der Waals surface area (Å²) in [4.78, 5) is 0. The minimum atomic E-state index is 0.390. The van der Waals surface area contributed by atoms with E-state index < -0.39 is 0 Å². The Bertz CT molecular complexity index is 505. The maximum absolute atomic E-state index is 3.62. The molecule has 0 aliphatic carbocycles. The second kappa shape index (κ2) is 6.21. The number of aryl methyl sites for hydroxylation is 1. The summed E-state index contributed by atoms with van der Waals surface area (Å²) in [6.45, 7) is 3.11. The molecule has 18 heavy (non-hydrogen) atoms. The summed E-state index contributed by atoms with van der Waals surface area (Å²) in [5.41, 5.74) is 2.65. The maximum atomic E-state index is 3.62. The molecule has 96 valence electrons. The third kappa shape index (κ3) is 3.24. The van der Waals surface area contributed by atoms with Crippen molar-refractivity contribution in [3.63, 3.8) is 0 Å². The van der Waals surface area contributed by atoms with Crippen molar-refractivity contribution >= 4 is 15.9 Å². The summed E-state index contributed by atoms with van der Waals surface area (Å²) < 4.78 is 3.26. The van der Waals surface area contributed by atoms with E-state index in [2.05, 4.69) is 82.5 Å². The highest BCUT2D eigenvalue weighted by atomic mass is 79.9. The monoisotopic (exact) mass is 306 g/mol. The molecular formula is C15H19BrN2. The molecule has 1 heterocycles. The summed E-state index contributed by atoms with van der Waals surface area (Å²) >= 11 is 3.62. The predicted octanol–water partition coefficient (Wildman–Crippen LogP) is 4.03. The van der Waals surface area contributed by atoms with E-state index in [1.165, 1.54) is 15.6 Å². The minimum Gasteiger partial charge on any atom is -0.357 e. The van der Waals surface area contributed by atoms with Crippen molar-refractivity contribution in [2.75, 3.05) is 0 Å². The molecule has 0 aliphatic heterocycles. The van der Waals surface area contributed by atoms with Gasteiger partial charge in [-0.25, -0.2) is 0 Å². The van der Waals surface area contributed by atoms with Crippen LogP contribution < -0.4 is 5.32 Å². The van der Waals surface area contributed by atoms with Crippen molar-refractivity contribution in [3.05, 3.63) is 58.3 Å². The van der Waals surface area contributed by atoms with E-state index >= 15 is 0 Å². The normalized spacial score (nSPS) is 12.6. The van der Waals surface area contributed by atoms with Crippen molar-refractivity contribution in [1.82, 2.24) is 9.88 Å². The van der Waals surface area contributed by atoms with Crippen LogP contribution in [0.4, 0.5) is 0 Å². The second-order valence-corrected chi connectivity index (χ2v) is 5.40. The molecule has 1 aromatic carbocycles. The minimum absolute atomic E-state index is 0.390. The van der Waals surface area contributed by atoms with Crippen LogP contribution in [0, 0.1) is 0 Å². The van der Waals surface area contributed by atoms with E-state index in [1.54, 1.807) is 0 Å². The van der Waals surface area contributed by atoms with Gasteiger partial charge in [-0.2, -0.15) is 0 Å². The molecule has 2 aromatic rings. The molecule has 1 N–H and O–H groups in total. The maximum Gasteiger partial charge on any atom is 0.0331 e. The van der Waals surface area contributed by atoms with E-state index in [0.29, 0.717) is 6.04 Å². The Morgan fingerprint density at radius 2 is 2.06 bits per heavy atom.